The molecule has 2 fully saturated rings. The Morgan fingerprint density at radius 1 is 1.04 bits per heavy atom. The molecule has 0 atom stereocenters. The Kier molecular flexibility index (Phi) is 5.45. The highest BCUT2D eigenvalue weighted by molar-refractivity contribution is 7.88. The molecule has 0 N–H and O–H groups in total. The fraction of sp³-hybridized carbons (Fsp3) is 0.688. The van der Waals surface area contributed by atoms with Gasteiger partial charge in [-0.3, -0.25) is 4.90 Å². The van der Waals surface area contributed by atoms with Crippen molar-refractivity contribution in [1.82, 2.24) is 28.7 Å². The van der Waals surface area contributed by atoms with Gasteiger partial charge in [0, 0.05) is 46.3 Å². The van der Waals surface area contributed by atoms with Gasteiger partial charge in [0.05, 0.1) is 26.0 Å². The van der Waals surface area contributed by atoms with Crippen molar-refractivity contribution in [2.45, 2.75) is 6.54 Å². The van der Waals surface area contributed by atoms with E-state index in [9.17, 15) is 8.42 Å². The number of hydrogen-bond donors (Lipinski definition) is 0. The Morgan fingerprint density at radius 3 is 2.36 bits per heavy atom. The van der Waals surface area contributed by atoms with Crippen molar-refractivity contribution in [1.29, 1.82) is 0 Å². The van der Waals surface area contributed by atoms with Crippen LogP contribution in [0.15, 0.2) is 0 Å². The minimum atomic E-state index is -3.14. The van der Waals surface area contributed by atoms with Gasteiger partial charge >= 0.3 is 0 Å². The van der Waals surface area contributed by atoms with Crippen molar-refractivity contribution in [2.24, 2.45) is 7.05 Å². The van der Waals surface area contributed by atoms with Crippen molar-refractivity contribution >= 4 is 38.6 Å². The van der Waals surface area contributed by atoms with E-state index < -0.39 is 10.0 Å². The summed E-state index contributed by atoms with van der Waals surface area (Å²) < 4.78 is 32.3. The molecule has 0 saturated carbocycles. The van der Waals surface area contributed by atoms with Gasteiger partial charge in [0.2, 0.25) is 15.3 Å². The number of aryl methyl sites for hydroxylation is 1. The Bertz CT molecular complexity index is 966. The molecule has 0 aromatic carbocycles. The summed E-state index contributed by atoms with van der Waals surface area (Å²) in [6.07, 6.45) is 1.25. The first kappa shape index (κ1) is 19.8. The van der Waals surface area contributed by atoms with E-state index in [2.05, 4.69) is 19.8 Å². The van der Waals surface area contributed by atoms with Crippen molar-refractivity contribution in [3.05, 3.63) is 11.1 Å². The first-order valence-electron chi connectivity index (χ1n) is 9.22. The number of hydrogen-bond acceptors (Lipinski definition) is 8. The molecule has 0 unspecified atom stereocenters. The first-order valence-corrected chi connectivity index (χ1v) is 11.4. The molecular weight excluding hydrogens is 406 g/mol. The number of piperazine rings is 1. The predicted octanol–water partition coefficient (Wildman–Crippen LogP) is -0.0695. The summed E-state index contributed by atoms with van der Waals surface area (Å²) in [5.74, 6) is 1.59. The number of halogens is 1. The Hall–Kier alpha value is -1.53. The molecule has 2 aromatic heterocycles. The predicted molar refractivity (Wildman–Crippen MR) is 106 cm³/mol. The van der Waals surface area contributed by atoms with E-state index in [4.69, 9.17) is 21.3 Å². The van der Waals surface area contributed by atoms with Crippen LogP contribution in [-0.4, -0.2) is 95.9 Å². The van der Waals surface area contributed by atoms with Crippen LogP contribution in [0.1, 0.15) is 5.82 Å². The molecule has 0 radical (unpaired) electrons. The molecule has 2 saturated heterocycles. The monoisotopic (exact) mass is 429 g/mol. The van der Waals surface area contributed by atoms with Crippen molar-refractivity contribution in [2.75, 3.05) is 63.6 Å². The van der Waals surface area contributed by atoms with Crippen LogP contribution in [0.3, 0.4) is 0 Å². The van der Waals surface area contributed by atoms with Gasteiger partial charge in [0.15, 0.2) is 17.0 Å². The van der Waals surface area contributed by atoms with Crippen LogP contribution in [0.2, 0.25) is 5.28 Å². The number of nitrogens with zero attached hydrogens (tertiary/aromatic N) is 7. The maximum absolute atomic E-state index is 11.7. The highest BCUT2D eigenvalue weighted by Crippen LogP contribution is 2.26. The smallest absolute Gasteiger partial charge is 0.226 e. The second-order valence-corrected chi connectivity index (χ2v) is 9.43. The SMILES string of the molecule is Cn1c(CN2CCN(S(C)(=O)=O)CC2)nc2c(N3CCOCC3)nc(Cl)nc21. The van der Waals surface area contributed by atoms with Crippen LogP contribution in [0.5, 0.6) is 0 Å². The Morgan fingerprint density at radius 2 is 1.71 bits per heavy atom. The zero-order valence-corrected chi connectivity index (χ0v) is 17.6. The van der Waals surface area contributed by atoms with Crippen molar-refractivity contribution < 1.29 is 13.2 Å². The lowest BCUT2D eigenvalue weighted by Crippen LogP contribution is -2.48. The van der Waals surface area contributed by atoms with Gasteiger partial charge in [-0.15, -0.1) is 0 Å². The van der Waals surface area contributed by atoms with E-state index in [0.29, 0.717) is 51.6 Å². The fourth-order valence-electron chi connectivity index (χ4n) is 3.62. The molecule has 12 heteroatoms. The van der Waals surface area contributed by atoms with Gasteiger partial charge < -0.3 is 14.2 Å². The summed E-state index contributed by atoms with van der Waals surface area (Å²) in [5, 5.41) is 0.199. The molecule has 2 aliphatic rings. The molecule has 154 valence electrons. The van der Waals surface area contributed by atoms with Gasteiger partial charge in [0.1, 0.15) is 5.82 Å². The average molecular weight is 430 g/mol. The molecule has 0 spiro atoms. The lowest BCUT2D eigenvalue weighted by molar-refractivity contribution is 0.122. The second kappa shape index (κ2) is 7.71. The van der Waals surface area contributed by atoms with Crippen molar-refractivity contribution in [3.8, 4) is 0 Å². The highest BCUT2D eigenvalue weighted by Gasteiger charge is 2.26. The van der Waals surface area contributed by atoms with Gasteiger partial charge in [-0.05, 0) is 11.6 Å². The molecule has 4 rings (SSSR count). The quantitative estimate of drug-likeness (QED) is 0.623. The van der Waals surface area contributed by atoms with E-state index in [-0.39, 0.29) is 5.28 Å². The summed E-state index contributed by atoms with van der Waals surface area (Å²) >= 11 is 6.18. The lowest BCUT2D eigenvalue weighted by Gasteiger charge is -2.32. The van der Waals surface area contributed by atoms with Crippen molar-refractivity contribution in [3.63, 3.8) is 0 Å². The number of ether oxygens (including phenoxy) is 1. The number of fused-ring (bicyclic) bond motifs is 1. The third kappa shape index (κ3) is 3.94. The van der Waals surface area contributed by atoms with E-state index in [1.54, 1.807) is 0 Å². The zero-order valence-electron chi connectivity index (χ0n) is 16.0. The molecule has 4 heterocycles. The van der Waals surface area contributed by atoms with E-state index in [1.165, 1.54) is 10.6 Å². The summed E-state index contributed by atoms with van der Waals surface area (Å²) in [4.78, 5) is 17.9. The van der Waals surface area contributed by atoms with Crippen LogP contribution in [0, 0.1) is 0 Å². The van der Waals surface area contributed by atoms with Crippen LogP contribution in [-0.2, 0) is 28.4 Å². The third-order valence-corrected chi connectivity index (χ3v) is 6.71. The summed E-state index contributed by atoms with van der Waals surface area (Å²) in [7, 11) is -1.22. The van der Waals surface area contributed by atoms with Crippen LogP contribution in [0.25, 0.3) is 11.2 Å². The number of anilines is 1. The normalized spacial score (nSPS) is 20.2. The first-order chi connectivity index (χ1) is 13.3. The van der Waals surface area contributed by atoms with Gasteiger partial charge in [-0.25, -0.2) is 13.4 Å². The number of aromatic nitrogens is 4. The third-order valence-electron chi connectivity index (χ3n) is 5.24. The zero-order chi connectivity index (χ0) is 19.9. The maximum atomic E-state index is 11.7. The Balaban J connectivity index is 1.58. The number of morpholine rings is 1. The van der Waals surface area contributed by atoms with E-state index in [0.717, 1.165) is 30.2 Å². The molecular formula is C16H24ClN7O3S. The molecule has 0 amide bonds. The van der Waals surface area contributed by atoms with Crippen LogP contribution >= 0.6 is 11.6 Å². The molecule has 0 aliphatic carbocycles. The molecule has 10 nitrogen and oxygen atoms in total. The van der Waals surface area contributed by atoms with E-state index in [1.807, 2.05) is 11.6 Å². The summed E-state index contributed by atoms with van der Waals surface area (Å²) in [6, 6.07) is 0. The van der Waals surface area contributed by atoms with Gasteiger partial charge in [-0.1, -0.05) is 0 Å². The van der Waals surface area contributed by atoms with E-state index >= 15 is 0 Å². The molecule has 28 heavy (non-hydrogen) atoms. The molecule has 0 bridgehead atoms. The number of rotatable bonds is 4. The minimum Gasteiger partial charge on any atom is -0.378 e. The van der Waals surface area contributed by atoms with Gasteiger partial charge in [0.25, 0.3) is 0 Å². The summed E-state index contributed by atoms with van der Waals surface area (Å²) in [6.45, 7) is 5.70. The maximum Gasteiger partial charge on any atom is 0.226 e. The highest BCUT2D eigenvalue weighted by atomic mass is 35.5. The van der Waals surface area contributed by atoms with Gasteiger partial charge in [-0.2, -0.15) is 14.3 Å². The molecule has 2 aliphatic heterocycles. The lowest BCUT2D eigenvalue weighted by atomic mass is 10.3. The fourth-order valence-corrected chi connectivity index (χ4v) is 4.61. The summed E-state index contributed by atoms with van der Waals surface area (Å²) in [5.41, 5.74) is 1.44. The second-order valence-electron chi connectivity index (χ2n) is 7.11. The number of imidazole rings is 1. The minimum absolute atomic E-state index is 0.199. The largest absolute Gasteiger partial charge is 0.378 e. The topological polar surface area (TPSA) is 96.7 Å². The Labute approximate surface area is 169 Å². The van der Waals surface area contributed by atoms with Crippen LogP contribution in [0.4, 0.5) is 5.82 Å². The standard InChI is InChI=1S/C16H24ClN7O3S/c1-21-12(11-22-3-5-24(6-4-22)28(2,25)26)18-13-14(21)19-16(17)20-15(13)23-7-9-27-10-8-23/h3-11H2,1-2H3. The van der Waals surface area contributed by atoms with Crippen LogP contribution < -0.4 is 4.90 Å². The molecule has 2 aromatic rings. The average Bonchev–Trinajstić information content (AvgIpc) is 2.97. The number of sulfonamides is 1.